The van der Waals surface area contributed by atoms with Gasteiger partial charge in [0.2, 0.25) is 0 Å². The van der Waals surface area contributed by atoms with Gasteiger partial charge in [-0.05, 0) is 38.0 Å². The van der Waals surface area contributed by atoms with Crippen molar-refractivity contribution >= 4 is 29.3 Å². The first-order valence-corrected chi connectivity index (χ1v) is 8.09. The highest BCUT2D eigenvalue weighted by Crippen LogP contribution is 2.36. The molecule has 0 radical (unpaired) electrons. The van der Waals surface area contributed by atoms with Crippen molar-refractivity contribution in [2.75, 3.05) is 24.5 Å². The average molecular weight is 339 g/mol. The Hall–Kier alpha value is -1.95. The maximum atomic E-state index is 12.9. The monoisotopic (exact) mass is 338 g/mol. The van der Waals surface area contributed by atoms with Crippen molar-refractivity contribution < 1.29 is 19.4 Å². The minimum atomic E-state index is -0.783. The zero-order valence-corrected chi connectivity index (χ0v) is 13.6. The summed E-state index contributed by atoms with van der Waals surface area (Å²) in [4.78, 5) is 27.3. The number of ether oxygens (including phenoxy) is 1. The Balaban J connectivity index is 1.78. The molecule has 23 heavy (non-hydrogen) atoms. The molecule has 1 atom stereocenters. The first-order valence-electron chi connectivity index (χ1n) is 7.71. The van der Waals surface area contributed by atoms with Crippen LogP contribution in [0.3, 0.4) is 0 Å². The van der Waals surface area contributed by atoms with Gasteiger partial charge in [-0.1, -0.05) is 11.6 Å². The Morgan fingerprint density at radius 3 is 2.65 bits per heavy atom. The fourth-order valence-electron chi connectivity index (χ4n) is 3.08. The van der Waals surface area contributed by atoms with Crippen LogP contribution in [-0.4, -0.2) is 47.7 Å². The number of hydrogen-bond acceptors (Lipinski definition) is 3. The minimum Gasteiger partial charge on any atom is -0.487 e. The summed E-state index contributed by atoms with van der Waals surface area (Å²) in [6, 6.07) is 5.11. The van der Waals surface area contributed by atoms with E-state index in [9.17, 15) is 9.59 Å². The number of carboxylic acids is 1. The maximum absolute atomic E-state index is 12.9. The molecule has 0 aliphatic carbocycles. The van der Waals surface area contributed by atoms with Crippen LogP contribution in [0, 0.1) is 5.92 Å². The Bertz CT molecular complexity index is 629. The second-order valence-electron chi connectivity index (χ2n) is 6.03. The van der Waals surface area contributed by atoms with Gasteiger partial charge >= 0.3 is 12.0 Å². The number of hydrogen-bond donors (Lipinski definition) is 1. The number of benzene rings is 1. The Morgan fingerprint density at radius 2 is 2.00 bits per heavy atom. The molecule has 2 amide bonds. The molecule has 1 saturated heterocycles. The lowest BCUT2D eigenvalue weighted by Crippen LogP contribution is -2.51. The van der Waals surface area contributed by atoms with Gasteiger partial charge in [0.1, 0.15) is 11.9 Å². The highest BCUT2D eigenvalue weighted by atomic mass is 35.5. The van der Waals surface area contributed by atoms with E-state index in [1.54, 1.807) is 28.0 Å². The number of likely N-dealkylation sites (tertiary alicyclic amines) is 1. The zero-order valence-electron chi connectivity index (χ0n) is 12.9. The lowest BCUT2D eigenvalue weighted by atomic mass is 9.97. The number of urea groups is 1. The summed E-state index contributed by atoms with van der Waals surface area (Å²) in [7, 11) is 0. The van der Waals surface area contributed by atoms with E-state index in [-0.39, 0.29) is 18.1 Å². The molecule has 1 fully saturated rings. The number of nitrogens with zero attached hydrogens (tertiary/aromatic N) is 2. The average Bonchev–Trinajstić information content (AvgIpc) is 2.54. The van der Waals surface area contributed by atoms with Crippen LogP contribution < -0.4 is 9.64 Å². The summed E-state index contributed by atoms with van der Waals surface area (Å²) >= 11 is 6.05. The van der Waals surface area contributed by atoms with E-state index in [2.05, 4.69) is 0 Å². The standard InChI is InChI=1S/C16H19ClN2O4/c1-10-9-19(13-8-12(17)2-3-14(13)23-10)16(22)18-6-4-11(5-7-18)15(20)21/h2-3,8,10-11H,4-7,9H2,1H3,(H,20,21). The second-order valence-corrected chi connectivity index (χ2v) is 6.47. The Labute approximate surface area is 139 Å². The quantitative estimate of drug-likeness (QED) is 0.854. The SMILES string of the molecule is CC1CN(C(=O)N2CCC(C(=O)O)CC2)c2cc(Cl)ccc2O1. The van der Waals surface area contributed by atoms with Gasteiger partial charge in [0.05, 0.1) is 18.2 Å². The van der Waals surface area contributed by atoms with Crippen LogP contribution in [0.2, 0.25) is 5.02 Å². The van der Waals surface area contributed by atoms with Crippen molar-refractivity contribution in [2.45, 2.75) is 25.9 Å². The van der Waals surface area contributed by atoms with E-state index in [1.165, 1.54) is 0 Å². The summed E-state index contributed by atoms with van der Waals surface area (Å²) in [6.07, 6.45) is 0.872. The molecule has 0 bridgehead atoms. The number of amides is 2. The molecule has 0 spiro atoms. The molecule has 2 aliphatic heterocycles. The molecule has 6 nitrogen and oxygen atoms in total. The lowest BCUT2D eigenvalue weighted by molar-refractivity contribution is -0.143. The second kappa shape index (κ2) is 6.28. The number of carbonyl (C=O) groups excluding carboxylic acids is 1. The van der Waals surface area contributed by atoms with Gasteiger partial charge in [-0.3, -0.25) is 9.69 Å². The number of carboxylic acid groups (broad SMARTS) is 1. The maximum Gasteiger partial charge on any atom is 0.324 e. The van der Waals surface area contributed by atoms with E-state index in [0.29, 0.717) is 48.9 Å². The molecule has 1 aromatic carbocycles. The van der Waals surface area contributed by atoms with Crippen molar-refractivity contribution in [3.8, 4) is 5.75 Å². The zero-order chi connectivity index (χ0) is 16.6. The van der Waals surface area contributed by atoms with Gasteiger partial charge in [0.15, 0.2) is 0 Å². The van der Waals surface area contributed by atoms with Gasteiger partial charge in [0, 0.05) is 18.1 Å². The Kier molecular flexibility index (Phi) is 4.35. The van der Waals surface area contributed by atoms with Crippen LogP contribution >= 0.6 is 11.6 Å². The van der Waals surface area contributed by atoms with Crippen molar-refractivity contribution in [1.29, 1.82) is 0 Å². The predicted molar refractivity (Wildman–Crippen MR) is 86.2 cm³/mol. The first-order chi connectivity index (χ1) is 11.0. The molecule has 2 aliphatic rings. The molecule has 1 N–H and O–H groups in total. The number of piperidine rings is 1. The van der Waals surface area contributed by atoms with Crippen LogP contribution in [-0.2, 0) is 4.79 Å². The fourth-order valence-corrected chi connectivity index (χ4v) is 3.25. The van der Waals surface area contributed by atoms with E-state index < -0.39 is 5.97 Å². The van der Waals surface area contributed by atoms with E-state index in [4.69, 9.17) is 21.4 Å². The normalized spacial score (nSPS) is 21.6. The first kappa shape index (κ1) is 15.9. The molecule has 124 valence electrons. The molecule has 1 unspecified atom stereocenters. The largest absolute Gasteiger partial charge is 0.487 e. The van der Waals surface area contributed by atoms with Crippen LogP contribution in [0.15, 0.2) is 18.2 Å². The summed E-state index contributed by atoms with van der Waals surface area (Å²) in [5.41, 5.74) is 0.668. The number of anilines is 1. The number of rotatable bonds is 1. The molecule has 7 heteroatoms. The Morgan fingerprint density at radius 1 is 1.30 bits per heavy atom. The van der Waals surface area contributed by atoms with Gasteiger partial charge in [-0.15, -0.1) is 0 Å². The van der Waals surface area contributed by atoms with Crippen molar-refractivity contribution in [3.05, 3.63) is 23.2 Å². The summed E-state index contributed by atoms with van der Waals surface area (Å²) in [6.45, 7) is 3.27. The van der Waals surface area contributed by atoms with Crippen molar-refractivity contribution in [1.82, 2.24) is 4.90 Å². The summed E-state index contributed by atoms with van der Waals surface area (Å²) < 4.78 is 5.75. The molecule has 3 rings (SSSR count). The van der Waals surface area contributed by atoms with Crippen LogP contribution in [0.1, 0.15) is 19.8 Å². The minimum absolute atomic E-state index is 0.107. The molecule has 0 aromatic heterocycles. The molecular weight excluding hydrogens is 320 g/mol. The number of carbonyl (C=O) groups is 2. The third-order valence-electron chi connectivity index (χ3n) is 4.33. The van der Waals surface area contributed by atoms with Gasteiger partial charge < -0.3 is 14.7 Å². The van der Waals surface area contributed by atoms with E-state index in [0.717, 1.165) is 0 Å². The van der Waals surface area contributed by atoms with Gasteiger partial charge in [-0.25, -0.2) is 4.79 Å². The highest BCUT2D eigenvalue weighted by molar-refractivity contribution is 6.31. The predicted octanol–water partition coefficient (Wildman–Crippen LogP) is 2.84. The van der Waals surface area contributed by atoms with E-state index >= 15 is 0 Å². The van der Waals surface area contributed by atoms with Crippen molar-refractivity contribution in [3.63, 3.8) is 0 Å². The third kappa shape index (κ3) is 3.22. The van der Waals surface area contributed by atoms with Gasteiger partial charge in [-0.2, -0.15) is 0 Å². The van der Waals surface area contributed by atoms with E-state index in [1.807, 2.05) is 6.92 Å². The summed E-state index contributed by atoms with van der Waals surface area (Å²) in [5, 5.41) is 9.61. The number of halogens is 1. The fraction of sp³-hybridized carbons (Fsp3) is 0.500. The highest BCUT2D eigenvalue weighted by Gasteiger charge is 2.33. The van der Waals surface area contributed by atoms with Crippen molar-refractivity contribution in [2.24, 2.45) is 5.92 Å². The molecule has 2 heterocycles. The number of aliphatic carboxylic acids is 1. The van der Waals surface area contributed by atoms with Crippen LogP contribution in [0.4, 0.5) is 10.5 Å². The molecule has 1 aromatic rings. The van der Waals surface area contributed by atoms with Gasteiger partial charge in [0.25, 0.3) is 0 Å². The summed E-state index contributed by atoms with van der Waals surface area (Å²) in [5.74, 6) is -0.500. The van der Waals surface area contributed by atoms with Crippen LogP contribution in [0.5, 0.6) is 5.75 Å². The number of fused-ring (bicyclic) bond motifs is 1. The third-order valence-corrected chi connectivity index (χ3v) is 4.56. The smallest absolute Gasteiger partial charge is 0.324 e. The molecular formula is C16H19ClN2O4. The lowest BCUT2D eigenvalue weighted by Gasteiger charge is -2.38. The molecule has 0 saturated carbocycles. The topological polar surface area (TPSA) is 70.1 Å². The van der Waals surface area contributed by atoms with Crippen LogP contribution in [0.25, 0.3) is 0 Å².